The summed E-state index contributed by atoms with van der Waals surface area (Å²) in [5.41, 5.74) is 0. The van der Waals surface area contributed by atoms with Crippen LogP contribution in [0.2, 0.25) is 17.7 Å². The molecule has 6 heteroatoms. The van der Waals surface area contributed by atoms with E-state index in [9.17, 15) is 9.59 Å². The molecule has 0 saturated carbocycles. The van der Waals surface area contributed by atoms with Gasteiger partial charge in [0.25, 0.3) is 0 Å². The first kappa shape index (κ1) is 31.5. The van der Waals surface area contributed by atoms with Crippen molar-refractivity contribution in [3.63, 3.8) is 0 Å². The van der Waals surface area contributed by atoms with Crippen molar-refractivity contribution in [3.05, 3.63) is 0 Å². The molecule has 0 fully saturated rings. The molecule has 0 saturated heterocycles. The van der Waals surface area contributed by atoms with Crippen molar-refractivity contribution in [3.8, 4) is 0 Å². The average molecular weight is 654 g/mol. The van der Waals surface area contributed by atoms with Crippen LogP contribution in [-0.2, 0) is 15.7 Å². The standard InChI is InChI=1S/C9H16O4.4C4H9.2Sn.2H/c10-8(11)6-4-2-1-3-5-7-9(12)13;4*1-3-4-2;;;;/h1-7H2,(H,10,11)(H,12,13);4*1,3-4H2,2H3;;;;/q;;;;;2*+1;;/p-2. The molecule has 0 spiro atoms. The zero-order valence-corrected chi connectivity index (χ0v) is 27.8. The van der Waals surface area contributed by atoms with Gasteiger partial charge in [0.05, 0.1) is 0 Å². The molecule has 0 radical (unpaired) electrons. The third kappa shape index (κ3) is 20.8. The number of rotatable bonds is 22. The van der Waals surface area contributed by atoms with Crippen LogP contribution in [0.15, 0.2) is 0 Å². The average Bonchev–Trinajstić information content (AvgIpc) is 2.76. The molecule has 0 aliphatic carbocycles. The summed E-state index contributed by atoms with van der Waals surface area (Å²) in [6, 6.07) is 0. The van der Waals surface area contributed by atoms with E-state index < -0.39 is 40.3 Å². The van der Waals surface area contributed by atoms with Crippen LogP contribution < -0.4 is 0 Å². The molecule has 0 aromatic rings. The molecule has 0 atom stereocenters. The van der Waals surface area contributed by atoms with Crippen molar-refractivity contribution in [2.45, 2.75) is 142 Å². The quantitative estimate of drug-likeness (QED) is 0.0900. The first-order valence-electron chi connectivity index (χ1n) is 13.5. The molecule has 0 bridgehead atoms. The van der Waals surface area contributed by atoms with E-state index in [1.54, 1.807) is 0 Å². The van der Waals surface area contributed by atoms with Gasteiger partial charge in [-0.25, -0.2) is 0 Å². The summed E-state index contributed by atoms with van der Waals surface area (Å²) in [6.45, 7) is 8.85. The van der Waals surface area contributed by atoms with Crippen LogP contribution in [-0.4, -0.2) is 52.3 Å². The van der Waals surface area contributed by atoms with Gasteiger partial charge in [-0.05, 0) is 0 Å². The molecular formula is C25H52O4Sn2. The summed E-state index contributed by atoms with van der Waals surface area (Å²) in [5, 5.41) is 0. The summed E-state index contributed by atoms with van der Waals surface area (Å²) in [4.78, 5) is 24.4. The van der Waals surface area contributed by atoms with E-state index in [4.69, 9.17) is 6.15 Å². The third-order valence-corrected chi connectivity index (χ3v) is 21.3. The molecule has 0 rings (SSSR count). The predicted octanol–water partition coefficient (Wildman–Crippen LogP) is 7.45. The Morgan fingerprint density at radius 3 is 1.06 bits per heavy atom. The zero-order chi connectivity index (χ0) is 23.2. The molecule has 0 unspecified atom stereocenters. The molecule has 0 aromatic carbocycles. The van der Waals surface area contributed by atoms with Crippen molar-refractivity contribution in [2.24, 2.45) is 0 Å². The maximum absolute atomic E-state index is 12.2. The van der Waals surface area contributed by atoms with Crippen LogP contribution in [0.25, 0.3) is 0 Å². The van der Waals surface area contributed by atoms with Gasteiger partial charge in [-0.2, -0.15) is 0 Å². The van der Waals surface area contributed by atoms with Crippen LogP contribution in [0.3, 0.4) is 0 Å². The Morgan fingerprint density at radius 2 is 0.774 bits per heavy atom. The van der Waals surface area contributed by atoms with Crippen molar-refractivity contribution >= 4 is 52.3 Å². The molecule has 4 nitrogen and oxygen atoms in total. The van der Waals surface area contributed by atoms with Gasteiger partial charge in [0.1, 0.15) is 0 Å². The topological polar surface area (TPSA) is 52.6 Å². The number of hydrogen-bond acceptors (Lipinski definition) is 4. The Hall–Kier alpha value is 0.537. The van der Waals surface area contributed by atoms with Crippen LogP contribution >= 0.6 is 0 Å². The van der Waals surface area contributed by atoms with E-state index >= 15 is 0 Å². The first-order valence-corrected chi connectivity index (χ1v) is 25.5. The van der Waals surface area contributed by atoms with E-state index in [1.165, 1.54) is 69.1 Å². The molecule has 0 aliphatic heterocycles. The number of unbranched alkanes of at least 4 members (excludes halogenated alkanes) is 8. The fourth-order valence-corrected chi connectivity index (χ4v) is 19.5. The van der Waals surface area contributed by atoms with Crippen molar-refractivity contribution in [1.82, 2.24) is 0 Å². The van der Waals surface area contributed by atoms with Gasteiger partial charge >= 0.3 is 210 Å². The molecule has 0 amide bonds. The third-order valence-electron chi connectivity index (χ3n) is 5.88. The minimum absolute atomic E-state index is 0.0641. The van der Waals surface area contributed by atoms with E-state index in [-0.39, 0.29) is 11.9 Å². The summed E-state index contributed by atoms with van der Waals surface area (Å²) < 4.78 is 16.7. The molecule has 0 aromatic heterocycles. The Morgan fingerprint density at radius 1 is 0.484 bits per heavy atom. The molecule has 184 valence electrons. The zero-order valence-electron chi connectivity index (χ0n) is 21.2. The number of hydrogen-bond donors (Lipinski definition) is 0. The number of carbonyl (C=O) groups is 2. The minimum atomic E-state index is -2.07. The van der Waals surface area contributed by atoms with Crippen LogP contribution in [0.5, 0.6) is 0 Å². The monoisotopic (exact) mass is 656 g/mol. The van der Waals surface area contributed by atoms with Gasteiger partial charge in [-0.15, -0.1) is 0 Å². The second kappa shape index (κ2) is 23.7. The summed E-state index contributed by atoms with van der Waals surface area (Å²) >= 11 is -4.14. The first-order chi connectivity index (χ1) is 15.1. The maximum atomic E-state index is 12.2. The molecule has 0 N–H and O–H groups in total. The van der Waals surface area contributed by atoms with Crippen molar-refractivity contribution in [1.29, 1.82) is 0 Å². The van der Waals surface area contributed by atoms with Crippen molar-refractivity contribution < 1.29 is 15.7 Å². The summed E-state index contributed by atoms with van der Waals surface area (Å²) in [5.74, 6) is 0.128. The fraction of sp³-hybridized carbons (Fsp3) is 0.920. The van der Waals surface area contributed by atoms with Crippen molar-refractivity contribution in [2.75, 3.05) is 0 Å². The Kier molecular flexibility index (Phi) is 24.1. The molecule has 0 heterocycles. The van der Waals surface area contributed by atoms with E-state index in [0.717, 1.165) is 32.1 Å². The van der Waals surface area contributed by atoms with Gasteiger partial charge in [0, 0.05) is 0 Å². The number of carbonyl (C=O) groups excluding carboxylic acids is 2. The van der Waals surface area contributed by atoms with Crippen LogP contribution in [0.1, 0.15) is 124 Å². The Labute approximate surface area is 208 Å². The fourth-order valence-electron chi connectivity index (χ4n) is 3.81. The SMILES string of the molecule is CCC[CH2][SnH]([CH2]CCC)[O]C(=O)CCCCCCCC(=O)[O][SnH]([CH2]CCC)[CH2]CCC. The van der Waals surface area contributed by atoms with E-state index in [2.05, 4.69) is 27.7 Å². The summed E-state index contributed by atoms with van der Waals surface area (Å²) in [6.07, 6.45) is 15.9. The second-order valence-corrected chi connectivity index (χ2v) is 24.1. The molecule has 31 heavy (non-hydrogen) atoms. The molecule has 0 aliphatic rings. The van der Waals surface area contributed by atoms with Gasteiger partial charge in [-0.1, -0.05) is 0 Å². The normalized spacial score (nSPS) is 11.3. The van der Waals surface area contributed by atoms with Gasteiger partial charge in [0.15, 0.2) is 0 Å². The molecular weight excluding hydrogens is 602 g/mol. The summed E-state index contributed by atoms with van der Waals surface area (Å²) in [7, 11) is 0. The Balaban J connectivity index is 3.85. The van der Waals surface area contributed by atoms with Crippen LogP contribution in [0.4, 0.5) is 0 Å². The van der Waals surface area contributed by atoms with Gasteiger partial charge in [-0.3, -0.25) is 0 Å². The van der Waals surface area contributed by atoms with Gasteiger partial charge < -0.3 is 0 Å². The second-order valence-electron chi connectivity index (χ2n) is 9.06. The van der Waals surface area contributed by atoms with Crippen LogP contribution in [0, 0.1) is 0 Å². The van der Waals surface area contributed by atoms with E-state index in [1.807, 2.05) is 0 Å². The van der Waals surface area contributed by atoms with E-state index in [0.29, 0.717) is 12.8 Å². The van der Waals surface area contributed by atoms with Gasteiger partial charge in [0.2, 0.25) is 0 Å². The predicted molar refractivity (Wildman–Crippen MR) is 138 cm³/mol. The Bertz CT molecular complexity index is 378.